The Morgan fingerprint density at radius 3 is 2.67 bits per heavy atom. The van der Waals surface area contributed by atoms with Crippen molar-refractivity contribution in [1.82, 2.24) is 20.4 Å². The molecule has 0 radical (unpaired) electrons. The van der Waals surface area contributed by atoms with E-state index in [2.05, 4.69) is 20.4 Å². The maximum Gasteiger partial charge on any atom is 0.333 e. The highest BCUT2D eigenvalue weighted by Crippen LogP contribution is 2.37. The molecule has 1 aliphatic rings. The number of hydrogen-bond donors (Lipinski definition) is 3. The third-order valence-electron chi connectivity index (χ3n) is 5.71. The molecule has 0 fully saturated rings. The lowest BCUT2D eigenvalue weighted by molar-refractivity contribution is -0.133. The summed E-state index contributed by atoms with van der Waals surface area (Å²) in [6.45, 7) is 0. The molecule has 2 unspecified atom stereocenters. The van der Waals surface area contributed by atoms with E-state index in [0.717, 1.165) is 18.3 Å². The largest absolute Gasteiger partial charge is 0.478 e. The first-order chi connectivity index (χ1) is 17.1. The average Bonchev–Trinajstić information content (AvgIpc) is 3.30. The van der Waals surface area contributed by atoms with Crippen LogP contribution in [0.2, 0.25) is 0 Å². The van der Waals surface area contributed by atoms with Crippen molar-refractivity contribution in [3.8, 4) is 11.5 Å². The summed E-state index contributed by atoms with van der Waals surface area (Å²) >= 11 is 0. The number of halogens is 4. The summed E-state index contributed by atoms with van der Waals surface area (Å²) in [6, 6.07) is 2.52. The van der Waals surface area contributed by atoms with E-state index in [9.17, 15) is 32.3 Å². The SMILES string of the molecule is NC(Cc1nc(-c2ccc(F)cn2)no1)C(=O)NC1=C(C(=O)O)CCC(c2cc(F)cc(F)c2F)C1. The molecule has 9 nitrogen and oxygen atoms in total. The number of aliphatic carboxylic acids is 1. The molecule has 3 aromatic rings. The summed E-state index contributed by atoms with van der Waals surface area (Å²) < 4.78 is 59.8. The second kappa shape index (κ2) is 10.2. The Balaban J connectivity index is 1.47. The molecule has 1 amide bonds. The quantitative estimate of drug-likeness (QED) is 0.328. The van der Waals surface area contributed by atoms with Gasteiger partial charge in [-0.2, -0.15) is 4.98 Å². The van der Waals surface area contributed by atoms with Gasteiger partial charge in [0.05, 0.1) is 24.2 Å². The molecule has 2 heterocycles. The molecule has 0 saturated heterocycles. The minimum absolute atomic E-state index is 0.0231. The summed E-state index contributed by atoms with van der Waals surface area (Å²) in [4.78, 5) is 32.3. The van der Waals surface area contributed by atoms with Crippen molar-refractivity contribution in [3.05, 3.63) is 76.5 Å². The number of benzene rings is 1. The van der Waals surface area contributed by atoms with Crippen LogP contribution in [0.4, 0.5) is 17.6 Å². The summed E-state index contributed by atoms with van der Waals surface area (Å²) in [5, 5.41) is 15.7. The zero-order chi connectivity index (χ0) is 26.0. The molecular weight excluding hydrogens is 486 g/mol. The topological polar surface area (TPSA) is 144 Å². The number of nitrogens with two attached hydrogens (primary N) is 1. The highest BCUT2D eigenvalue weighted by molar-refractivity contribution is 5.90. The smallest absolute Gasteiger partial charge is 0.333 e. The number of allylic oxidation sites excluding steroid dienone is 1. The predicted octanol–water partition coefficient (Wildman–Crippen LogP) is 2.98. The molecule has 36 heavy (non-hydrogen) atoms. The number of rotatable bonds is 7. The standard InChI is InChI=1S/C23H19F4N5O4/c24-11-2-4-17(29-9-11)21-31-19(36-32-21)8-16(28)22(33)30-18-5-10(1-3-13(18)23(34)35)14-6-12(25)7-15(26)20(14)27/h2,4,6-7,9-10,16H,1,3,5,8,28H2,(H,30,33)(H,34,35). The highest BCUT2D eigenvalue weighted by Gasteiger charge is 2.31. The van der Waals surface area contributed by atoms with Crippen LogP contribution >= 0.6 is 0 Å². The third-order valence-corrected chi connectivity index (χ3v) is 5.71. The summed E-state index contributed by atoms with van der Waals surface area (Å²) in [5.74, 6) is -6.94. The second-order valence-electron chi connectivity index (χ2n) is 8.17. The zero-order valence-electron chi connectivity index (χ0n) is 18.5. The summed E-state index contributed by atoms with van der Waals surface area (Å²) in [7, 11) is 0. The fourth-order valence-corrected chi connectivity index (χ4v) is 3.91. The molecular formula is C23H19F4N5O4. The summed E-state index contributed by atoms with van der Waals surface area (Å²) in [6.07, 6.45) is 0.610. The zero-order valence-corrected chi connectivity index (χ0v) is 18.5. The molecule has 13 heteroatoms. The van der Waals surface area contributed by atoms with Crippen molar-refractivity contribution in [2.45, 2.75) is 37.6 Å². The van der Waals surface area contributed by atoms with E-state index in [1.165, 1.54) is 6.07 Å². The van der Waals surface area contributed by atoms with Crippen molar-refractivity contribution in [1.29, 1.82) is 0 Å². The molecule has 2 atom stereocenters. The number of amides is 1. The minimum atomic E-state index is -1.36. The van der Waals surface area contributed by atoms with Gasteiger partial charge in [0.25, 0.3) is 0 Å². The maximum atomic E-state index is 14.3. The van der Waals surface area contributed by atoms with Crippen LogP contribution in [-0.2, 0) is 16.0 Å². The van der Waals surface area contributed by atoms with Crippen LogP contribution in [0.15, 0.2) is 46.3 Å². The molecule has 0 spiro atoms. The number of pyridine rings is 1. The van der Waals surface area contributed by atoms with Gasteiger partial charge in [-0.05, 0) is 48.9 Å². The highest BCUT2D eigenvalue weighted by atomic mass is 19.2. The van der Waals surface area contributed by atoms with E-state index < -0.39 is 47.1 Å². The van der Waals surface area contributed by atoms with Gasteiger partial charge in [-0.3, -0.25) is 4.79 Å². The first kappa shape index (κ1) is 25.0. The molecule has 1 aliphatic carbocycles. The lowest BCUT2D eigenvalue weighted by atomic mass is 9.82. The molecule has 0 saturated carbocycles. The van der Waals surface area contributed by atoms with Gasteiger partial charge in [0.2, 0.25) is 17.6 Å². The second-order valence-corrected chi connectivity index (χ2v) is 8.17. The minimum Gasteiger partial charge on any atom is -0.478 e. The molecule has 4 N–H and O–H groups in total. The van der Waals surface area contributed by atoms with E-state index in [1.807, 2.05) is 0 Å². The van der Waals surface area contributed by atoms with Crippen LogP contribution in [-0.4, -0.2) is 38.1 Å². The van der Waals surface area contributed by atoms with Crippen molar-refractivity contribution in [3.63, 3.8) is 0 Å². The molecule has 4 rings (SSSR count). The fraction of sp³-hybridized carbons (Fsp3) is 0.261. The molecule has 2 aromatic heterocycles. The van der Waals surface area contributed by atoms with Gasteiger partial charge in [0, 0.05) is 11.8 Å². The van der Waals surface area contributed by atoms with Crippen LogP contribution in [0, 0.1) is 23.3 Å². The lowest BCUT2D eigenvalue weighted by Crippen LogP contribution is -2.43. The van der Waals surface area contributed by atoms with Gasteiger partial charge in [-0.25, -0.2) is 27.3 Å². The van der Waals surface area contributed by atoms with Gasteiger partial charge in [0.15, 0.2) is 11.6 Å². The Morgan fingerprint density at radius 1 is 1.19 bits per heavy atom. The van der Waals surface area contributed by atoms with Crippen LogP contribution in [0.3, 0.4) is 0 Å². The monoisotopic (exact) mass is 505 g/mol. The van der Waals surface area contributed by atoms with Crippen LogP contribution in [0.5, 0.6) is 0 Å². The van der Waals surface area contributed by atoms with Gasteiger partial charge >= 0.3 is 5.97 Å². The Kier molecular flexibility index (Phi) is 7.10. The number of carboxylic acids is 1. The maximum absolute atomic E-state index is 14.3. The first-order valence-corrected chi connectivity index (χ1v) is 10.7. The number of hydrogen-bond acceptors (Lipinski definition) is 7. The summed E-state index contributed by atoms with van der Waals surface area (Å²) in [5.41, 5.74) is 5.76. The number of carbonyl (C=O) groups excluding carboxylic acids is 1. The Morgan fingerprint density at radius 2 is 1.97 bits per heavy atom. The fourth-order valence-electron chi connectivity index (χ4n) is 3.91. The van der Waals surface area contributed by atoms with Crippen LogP contribution < -0.4 is 11.1 Å². The van der Waals surface area contributed by atoms with Gasteiger partial charge < -0.3 is 20.7 Å². The predicted molar refractivity (Wildman–Crippen MR) is 115 cm³/mol. The van der Waals surface area contributed by atoms with Crippen molar-refractivity contribution >= 4 is 11.9 Å². The van der Waals surface area contributed by atoms with Gasteiger partial charge in [-0.15, -0.1) is 0 Å². The van der Waals surface area contributed by atoms with Crippen LogP contribution in [0.1, 0.15) is 36.6 Å². The molecule has 0 aliphatic heterocycles. The van der Waals surface area contributed by atoms with E-state index >= 15 is 0 Å². The normalized spacial score (nSPS) is 16.6. The van der Waals surface area contributed by atoms with Gasteiger partial charge in [0.1, 0.15) is 17.3 Å². The average molecular weight is 505 g/mol. The number of carboxylic acid groups (broad SMARTS) is 1. The van der Waals surface area contributed by atoms with E-state index in [0.29, 0.717) is 6.07 Å². The van der Waals surface area contributed by atoms with Crippen molar-refractivity contribution in [2.75, 3.05) is 0 Å². The number of aromatic nitrogens is 3. The number of carbonyl (C=O) groups is 2. The third kappa shape index (κ3) is 5.40. The molecule has 0 bridgehead atoms. The Bertz CT molecular complexity index is 1340. The first-order valence-electron chi connectivity index (χ1n) is 10.7. The Labute approximate surface area is 201 Å². The van der Waals surface area contributed by atoms with Crippen molar-refractivity contribution < 1.29 is 36.8 Å². The van der Waals surface area contributed by atoms with Gasteiger partial charge in [-0.1, -0.05) is 5.16 Å². The lowest BCUT2D eigenvalue weighted by Gasteiger charge is -2.27. The van der Waals surface area contributed by atoms with Crippen molar-refractivity contribution in [2.24, 2.45) is 5.73 Å². The number of nitrogens with zero attached hydrogens (tertiary/aromatic N) is 3. The molecule has 1 aromatic carbocycles. The number of nitrogens with one attached hydrogen (secondary N) is 1. The van der Waals surface area contributed by atoms with E-state index in [1.54, 1.807) is 0 Å². The van der Waals surface area contributed by atoms with E-state index in [4.69, 9.17) is 10.3 Å². The molecule has 188 valence electrons. The van der Waals surface area contributed by atoms with E-state index in [-0.39, 0.29) is 59.9 Å². The van der Waals surface area contributed by atoms with Crippen LogP contribution in [0.25, 0.3) is 11.5 Å². The Hall–Kier alpha value is -4.13.